The highest BCUT2D eigenvalue weighted by molar-refractivity contribution is 5.24. The second-order valence-electron chi connectivity index (χ2n) is 5.36. The molecular formula is C15H24N4O. The number of hydrogen-bond donors (Lipinski definition) is 1. The number of aromatic nitrogens is 4. The number of aliphatic hydroxyl groups excluding tert-OH is 1. The van der Waals surface area contributed by atoms with Gasteiger partial charge in [-0.1, -0.05) is 6.92 Å². The van der Waals surface area contributed by atoms with Crippen LogP contribution in [0.3, 0.4) is 0 Å². The van der Waals surface area contributed by atoms with E-state index in [1.54, 1.807) is 6.20 Å². The lowest BCUT2D eigenvalue weighted by molar-refractivity contribution is 0.167. The van der Waals surface area contributed by atoms with Gasteiger partial charge in [-0.2, -0.15) is 10.2 Å². The highest BCUT2D eigenvalue weighted by Crippen LogP contribution is 2.21. The van der Waals surface area contributed by atoms with Crippen LogP contribution in [-0.4, -0.2) is 24.7 Å². The molecule has 1 N–H and O–H groups in total. The smallest absolute Gasteiger partial charge is 0.0823 e. The van der Waals surface area contributed by atoms with Crippen LogP contribution in [0, 0.1) is 13.8 Å². The van der Waals surface area contributed by atoms with Gasteiger partial charge in [0.15, 0.2) is 0 Å². The third-order valence-electron chi connectivity index (χ3n) is 3.82. The van der Waals surface area contributed by atoms with E-state index in [0.29, 0.717) is 6.42 Å². The second-order valence-corrected chi connectivity index (χ2v) is 5.36. The van der Waals surface area contributed by atoms with E-state index in [2.05, 4.69) is 24.0 Å². The van der Waals surface area contributed by atoms with Crippen molar-refractivity contribution in [2.45, 2.75) is 52.7 Å². The maximum Gasteiger partial charge on any atom is 0.0823 e. The molecule has 0 fully saturated rings. The summed E-state index contributed by atoms with van der Waals surface area (Å²) in [6.07, 6.45) is 5.84. The van der Waals surface area contributed by atoms with Gasteiger partial charge in [-0.15, -0.1) is 0 Å². The van der Waals surface area contributed by atoms with E-state index in [1.807, 2.05) is 29.5 Å². The molecule has 5 nitrogen and oxygen atoms in total. The van der Waals surface area contributed by atoms with E-state index >= 15 is 0 Å². The zero-order chi connectivity index (χ0) is 14.7. The summed E-state index contributed by atoms with van der Waals surface area (Å²) >= 11 is 0. The molecule has 110 valence electrons. The topological polar surface area (TPSA) is 55.9 Å². The van der Waals surface area contributed by atoms with E-state index in [1.165, 1.54) is 11.3 Å². The maximum absolute atomic E-state index is 10.3. The van der Waals surface area contributed by atoms with Crippen LogP contribution < -0.4 is 0 Å². The SMILES string of the molecule is CCCn1cc(C(O)CCc2c(C)nn(C)c2C)cn1. The van der Waals surface area contributed by atoms with Crippen LogP contribution in [0.2, 0.25) is 0 Å². The fourth-order valence-corrected chi connectivity index (χ4v) is 2.53. The maximum atomic E-state index is 10.3. The lowest BCUT2D eigenvalue weighted by atomic mass is 10.0. The van der Waals surface area contributed by atoms with Crippen LogP contribution >= 0.6 is 0 Å². The zero-order valence-corrected chi connectivity index (χ0v) is 12.8. The summed E-state index contributed by atoms with van der Waals surface area (Å²) in [6, 6.07) is 0. The first-order valence-corrected chi connectivity index (χ1v) is 7.22. The number of nitrogens with zero attached hydrogens (tertiary/aromatic N) is 4. The summed E-state index contributed by atoms with van der Waals surface area (Å²) in [5.74, 6) is 0. The van der Waals surface area contributed by atoms with Gasteiger partial charge < -0.3 is 5.11 Å². The minimum absolute atomic E-state index is 0.459. The normalized spacial score (nSPS) is 12.8. The molecule has 1 atom stereocenters. The third-order valence-corrected chi connectivity index (χ3v) is 3.82. The molecular weight excluding hydrogens is 252 g/mol. The fraction of sp³-hybridized carbons (Fsp3) is 0.600. The number of aryl methyl sites for hydroxylation is 3. The Balaban J connectivity index is 1.99. The molecule has 0 aromatic carbocycles. The Kier molecular flexibility index (Phi) is 4.60. The Morgan fingerprint density at radius 3 is 2.70 bits per heavy atom. The molecule has 2 rings (SSSR count). The first kappa shape index (κ1) is 14.8. The average molecular weight is 276 g/mol. The van der Waals surface area contributed by atoms with Gasteiger partial charge in [-0.25, -0.2) is 0 Å². The van der Waals surface area contributed by atoms with Gasteiger partial charge in [0, 0.05) is 31.0 Å². The van der Waals surface area contributed by atoms with Gasteiger partial charge in [0.05, 0.1) is 18.0 Å². The average Bonchev–Trinajstić information content (AvgIpc) is 2.95. The molecule has 0 aliphatic heterocycles. The minimum atomic E-state index is -0.459. The molecule has 5 heteroatoms. The molecule has 2 aromatic heterocycles. The number of rotatable bonds is 6. The summed E-state index contributed by atoms with van der Waals surface area (Å²) in [7, 11) is 1.96. The van der Waals surface area contributed by atoms with Crippen molar-refractivity contribution in [1.29, 1.82) is 0 Å². The van der Waals surface area contributed by atoms with Crippen LogP contribution in [-0.2, 0) is 20.0 Å². The van der Waals surface area contributed by atoms with Crippen molar-refractivity contribution in [2.24, 2.45) is 7.05 Å². The molecule has 20 heavy (non-hydrogen) atoms. The van der Waals surface area contributed by atoms with Gasteiger partial charge in [-0.3, -0.25) is 9.36 Å². The van der Waals surface area contributed by atoms with Crippen LogP contribution in [0.4, 0.5) is 0 Å². The Hall–Kier alpha value is -1.62. The Labute approximate surface area is 120 Å². The van der Waals surface area contributed by atoms with Crippen LogP contribution in [0.1, 0.15) is 48.4 Å². The van der Waals surface area contributed by atoms with Gasteiger partial charge in [0.25, 0.3) is 0 Å². The molecule has 0 bridgehead atoms. The second kappa shape index (κ2) is 6.22. The lowest BCUT2D eigenvalue weighted by Gasteiger charge is -2.08. The molecule has 2 aromatic rings. The van der Waals surface area contributed by atoms with E-state index in [0.717, 1.165) is 30.6 Å². The molecule has 0 saturated heterocycles. The highest BCUT2D eigenvalue weighted by atomic mass is 16.3. The van der Waals surface area contributed by atoms with E-state index in [-0.39, 0.29) is 0 Å². The standard InChI is InChI=1S/C15H24N4O/c1-5-8-19-10-13(9-16-19)15(20)7-6-14-11(2)17-18(4)12(14)3/h9-10,15,20H,5-8H2,1-4H3. The molecule has 0 aliphatic carbocycles. The fourth-order valence-electron chi connectivity index (χ4n) is 2.53. The van der Waals surface area contributed by atoms with Crippen LogP contribution in [0.15, 0.2) is 12.4 Å². The van der Waals surface area contributed by atoms with Crippen molar-refractivity contribution in [3.63, 3.8) is 0 Å². The summed E-state index contributed by atoms with van der Waals surface area (Å²) in [5, 5.41) is 18.9. The molecule has 0 amide bonds. The number of hydrogen-bond acceptors (Lipinski definition) is 3. The van der Waals surface area contributed by atoms with Crippen molar-refractivity contribution >= 4 is 0 Å². The summed E-state index contributed by atoms with van der Waals surface area (Å²) in [5.41, 5.74) is 4.38. The number of aliphatic hydroxyl groups is 1. The largest absolute Gasteiger partial charge is 0.388 e. The molecule has 0 aliphatic rings. The lowest BCUT2D eigenvalue weighted by Crippen LogP contribution is -2.01. The first-order chi connectivity index (χ1) is 9.52. The Morgan fingerprint density at radius 2 is 2.10 bits per heavy atom. The Morgan fingerprint density at radius 1 is 1.35 bits per heavy atom. The van der Waals surface area contributed by atoms with Gasteiger partial charge in [-0.05, 0) is 38.7 Å². The predicted molar refractivity (Wildman–Crippen MR) is 78.5 cm³/mol. The summed E-state index contributed by atoms with van der Waals surface area (Å²) in [6.45, 7) is 7.11. The van der Waals surface area contributed by atoms with Gasteiger partial charge in [0.1, 0.15) is 0 Å². The van der Waals surface area contributed by atoms with Crippen molar-refractivity contribution in [3.05, 3.63) is 34.9 Å². The monoisotopic (exact) mass is 276 g/mol. The van der Waals surface area contributed by atoms with Crippen LogP contribution in [0.25, 0.3) is 0 Å². The van der Waals surface area contributed by atoms with E-state index in [9.17, 15) is 5.11 Å². The van der Waals surface area contributed by atoms with Crippen LogP contribution in [0.5, 0.6) is 0 Å². The third kappa shape index (κ3) is 3.10. The van der Waals surface area contributed by atoms with Gasteiger partial charge in [0.2, 0.25) is 0 Å². The summed E-state index contributed by atoms with van der Waals surface area (Å²) < 4.78 is 3.79. The van der Waals surface area contributed by atoms with Crippen molar-refractivity contribution in [3.8, 4) is 0 Å². The predicted octanol–water partition coefficient (Wildman–Crippen LogP) is 2.31. The molecule has 0 spiro atoms. The highest BCUT2D eigenvalue weighted by Gasteiger charge is 2.14. The first-order valence-electron chi connectivity index (χ1n) is 7.22. The van der Waals surface area contributed by atoms with E-state index in [4.69, 9.17) is 0 Å². The summed E-state index contributed by atoms with van der Waals surface area (Å²) in [4.78, 5) is 0. The molecule has 2 heterocycles. The minimum Gasteiger partial charge on any atom is -0.388 e. The molecule has 0 saturated carbocycles. The molecule has 1 unspecified atom stereocenters. The molecule has 0 radical (unpaired) electrons. The van der Waals surface area contributed by atoms with Crippen molar-refractivity contribution in [2.75, 3.05) is 0 Å². The van der Waals surface area contributed by atoms with Crippen molar-refractivity contribution in [1.82, 2.24) is 19.6 Å². The van der Waals surface area contributed by atoms with E-state index < -0.39 is 6.10 Å². The zero-order valence-electron chi connectivity index (χ0n) is 12.8. The van der Waals surface area contributed by atoms with Crippen molar-refractivity contribution < 1.29 is 5.11 Å². The van der Waals surface area contributed by atoms with Gasteiger partial charge >= 0.3 is 0 Å². The Bertz CT molecular complexity index is 570. The quantitative estimate of drug-likeness (QED) is 0.881.